The molecule has 1 unspecified atom stereocenters. The minimum absolute atomic E-state index is 0.00394. The zero-order valence-corrected chi connectivity index (χ0v) is 21.4. The second-order valence-electron chi connectivity index (χ2n) is 9.32. The minimum Gasteiger partial charge on any atom is -0.496 e. The number of likely N-dealkylation sites (tertiary alicyclic amines) is 1. The van der Waals surface area contributed by atoms with Crippen LogP contribution in [0.2, 0.25) is 0 Å². The van der Waals surface area contributed by atoms with E-state index in [9.17, 15) is 14.4 Å². The maximum Gasteiger partial charge on any atom is 0.229 e. The van der Waals surface area contributed by atoms with E-state index in [1.54, 1.807) is 16.9 Å². The van der Waals surface area contributed by atoms with Gasteiger partial charge in [-0.15, -0.1) is 10.2 Å². The molecule has 0 saturated carbocycles. The summed E-state index contributed by atoms with van der Waals surface area (Å²) in [6.45, 7) is 1.40. The van der Waals surface area contributed by atoms with Crippen molar-refractivity contribution in [2.24, 2.45) is 11.8 Å². The van der Waals surface area contributed by atoms with Gasteiger partial charge in [-0.25, -0.2) is 0 Å². The third-order valence-electron chi connectivity index (χ3n) is 6.95. The smallest absolute Gasteiger partial charge is 0.229 e. The van der Waals surface area contributed by atoms with Crippen molar-refractivity contribution in [2.45, 2.75) is 25.7 Å². The molecule has 2 saturated heterocycles. The topological polar surface area (TPSA) is 105 Å². The summed E-state index contributed by atoms with van der Waals surface area (Å²) < 4.78 is 5.40. The first kappa shape index (κ1) is 24.9. The zero-order chi connectivity index (χ0) is 25.8. The van der Waals surface area contributed by atoms with E-state index >= 15 is 0 Å². The zero-order valence-electron chi connectivity index (χ0n) is 20.6. The molecule has 1 atom stereocenters. The first-order valence-corrected chi connectivity index (χ1v) is 13.2. The predicted octanol–water partition coefficient (Wildman–Crippen LogP) is 3.37. The molecule has 37 heavy (non-hydrogen) atoms. The van der Waals surface area contributed by atoms with E-state index in [0.717, 1.165) is 22.0 Å². The van der Waals surface area contributed by atoms with E-state index in [0.29, 0.717) is 44.0 Å². The highest BCUT2D eigenvalue weighted by Gasteiger charge is 2.38. The molecule has 1 aromatic heterocycles. The number of hydrogen-bond acceptors (Lipinski definition) is 7. The molecule has 2 aliphatic rings. The maximum absolute atomic E-state index is 13.1. The highest BCUT2D eigenvalue weighted by molar-refractivity contribution is 7.15. The SMILES string of the molecule is COc1ccccc1Cc1nnc(NC(=O)C2CCN(C(=O)C3CC(=O)N(c4ccccc4)C3)CC2)s1. The van der Waals surface area contributed by atoms with Gasteiger partial charge in [0.1, 0.15) is 10.8 Å². The van der Waals surface area contributed by atoms with Crippen LogP contribution in [0.3, 0.4) is 0 Å². The van der Waals surface area contributed by atoms with Gasteiger partial charge in [0, 0.05) is 49.6 Å². The number of rotatable bonds is 7. The van der Waals surface area contributed by atoms with Crippen LogP contribution in [-0.2, 0) is 20.8 Å². The molecule has 0 spiro atoms. The monoisotopic (exact) mass is 519 g/mol. The van der Waals surface area contributed by atoms with Gasteiger partial charge in [-0.05, 0) is 31.0 Å². The lowest BCUT2D eigenvalue weighted by atomic mass is 9.94. The Bertz CT molecular complexity index is 1270. The molecule has 2 aliphatic heterocycles. The molecule has 10 heteroatoms. The maximum atomic E-state index is 13.1. The van der Waals surface area contributed by atoms with Crippen LogP contribution < -0.4 is 15.0 Å². The molecule has 2 aromatic carbocycles. The second-order valence-corrected chi connectivity index (χ2v) is 10.4. The van der Waals surface area contributed by atoms with Crippen molar-refractivity contribution in [3.8, 4) is 5.75 Å². The van der Waals surface area contributed by atoms with Crippen LogP contribution >= 0.6 is 11.3 Å². The van der Waals surface area contributed by atoms with Crippen molar-refractivity contribution in [3.05, 3.63) is 65.2 Å². The van der Waals surface area contributed by atoms with E-state index in [1.807, 2.05) is 54.6 Å². The number of amides is 3. The number of anilines is 2. The number of carbonyl (C=O) groups excluding carboxylic acids is 3. The lowest BCUT2D eigenvalue weighted by Gasteiger charge is -2.32. The van der Waals surface area contributed by atoms with E-state index in [4.69, 9.17) is 4.74 Å². The summed E-state index contributed by atoms with van der Waals surface area (Å²) in [7, 11) is 1.64. The molecule has 5 rings (SSSR count). The van der Waals surface area contributed by atoms with E-state index in [-0.39, 0.29) is 36.0 Å². The van der Waals surface area contributed by atoms with Gasteiger partial charge in [0.15, 0.2) is 0 Å². The van der Waals surface area contributed by atoms with E-state index < -0.39 is 0 Å². The summed E-state index contributed by atoms with van der Waals surface area (Å²) in [4.78, 5) is 42.0. The lowest BCUT2D eigenvalue weighted by Crippen LogP contribution is -2.44. The molecule has 9 nitrogen and oxygen atoms in total. The molecule has 1 N–H and O–H groups in total. The van der Waals surface area contributed by atoms with E-state index in [2.05, 4.69) is 15.5 Å². The summed E-state index contributed by atoms with van der Waals surface area (Å²) in [5, 5.41) is 12.5. The number of nitrogens with zero attached hydrogens (tertiary/aromatic N) is 4. The Hall–Kier alpha value is -3.79. The third kappa shape index (κ3) is 5.64. The number of hydrogen-bond donors (Lipinski definition) is 1. The van der Waals surface area contributed by atoms with Crippen molar-refractivity contribution in [1.82, 2.24) is 15.1 Å². The van der Waals surface area contributed by atoms with Crippen LogP contribution in [-0.4, -0.2) is 59.6 Å². The lowest BCUT2D eigenvalue weighted by molar-refractivity contribution is -0.138. The average Bonchev–Trinajstić information content (AvgIpc) is 3.55. The molecule has 3 amide bonds. The minimum atomic E-state index is -0.346. The second kappa shape index (κ2) is 11.1. The molecule has 3 heterocycles. The Morgan fingerprint density at radius 3 is 2.51 bits per heavy atom. The molecule has 0 radical (unpaired) electrons. The van der Waals surface area contributed by atoms with Gasteiger partial charge < -0.3 is 19.9 Å². The van der Waals surface area contributed by atoms with E-state index in [1.165, 1.54) is 11.3 Å². The van der Waals surface area contributed by atoms with Gasteiger partial charge in [-0.3, -0.25) is 14.4 Å². The van der Waals surface area contributed by atoms with Crippen LogP contribution in [0.1, 0.15) is 29.8 Å². The Morgan fingerprint density at radius 2 is 1.76 bits per heavy atom. The first-order chi connectivity index (χ1) is 18.0. The molecule has 192 valence electrons. The van der Waals surface area contributed by atoms with Gasteiger partial charge >= 0.3 is 0 Å². The summed E-state index contributed by atoms with van der Waals surface area (Å²) in [5.74, 6) is 0.118. The number of para-hydroxylation sites is 2. The number of nitrogens with one attached hydrogen (secondary N) is 1. The summed E-state index contributed by atoms with van der Waals surface area (Å²) in [6, 6.07) is 17.2. The molecule has 2 fully saturated rings. The molecule has 0 aliphatic carbocycles. The molecular weight excluding hydrogens is 490 g/mol. The average molecular weight is 520 g/mol. The van der Waals surface area contributed by atoms with Gasteiger partial charge in [-0.2, -0.15) is 0 Å². The Labute approximate surface area is 219 Å². The van der Waals surface area contributed by atoms with Gasteiger partial charge in [-0.1, -0.05) is 47.7 Å². The largest absolute Gasteiger partial charge is 0.496 e. The fourth-order valence-corrected chi connectivity index (χ4v) is 5.71. The first-order valence-electron chi connectivity index (χ1n) is 12.4. The fourth-order valence-electron chi connectivity index (χ4n) is 4.95. The predicted molar refractivity (Wildman–Crippen MR) is 141 cm³/mol. The summed E-state index contributed by atoms with van der Waals surface area (Å²) in [5.41, 5.74) is 1.83. The highest BCUT2D eigenvalue weighted by Crippen LogP contribution is 2.29. The van der Waals surface area contributed by atoms with Crippen molar-refractivity contribution < 1.29 is 19.1 Å². The standard InChI is InChI=1S/C27H29N5O4S/c1-36-22-10-6-5-7-19(22)15-23-29-30-27(37-23)28-25(34)18-11-13-31(14-12-18)26(35)20-16-24(33)32(17-20)21-8-3-2-4-9-21/h2-10,18,20H,11-17H2,1H3,(H,28,30,34). The van der Waals surface area contributed by atoms with Crippen molar-refractivity contribution >= 4 is 39.9 Å². The van der Waals surface area contributed by atoms with Crippen molar-refractivity contribution in [2.75, 3.05) is 37.0 Å². The highest BCUT2D eigenvalue weighted by atomic mass is 32.1. The van der Waals surface area contributed by atoms with Crippen LogP contribution in [0.5, 0.6) is 5.75 Å². The Balaban J connectivity index is 1.11. The van der Waals surface area contributed by atoms with Crippen molar-refractivity contribution in [1.29, 1.82) is 0 Å². The van der Waals surface area contributed by atoms with Crippen LogP contribution in [0.15, 0.2) is 54.6 Å². The Morgan fingerprint density at radius 1 is 1.03 bits per heavy atom. The molecular formula is C27H29N5O4S. The fraction of sp³-hybridized carbons (Fsp3) is 0.370. The quantitative estimate of drug-likeness (QED) is 0.513. The number of carbonyl (C=O) groups is 3. The number of aromatic nitrogens is 2. The number of benzene rings is 2. The van der Waals surface area contributed by atoms with Crippen LogP contribution in [0.4, 0.5) is 10.8 Å². The number of piperidine rings is 1. The third-order valence-corrected chi connectivity index (χ3v) is 7.79. The number of methoxy groups -OCH3 is 1. The van der Waals surface area contributed by atoms with Gasteiger partial charge in [0.25, 0.3) is 0 Å². The molecule has 0 bridgehead atoms. The van der Waals surface area contributed by atoms with Crippen molar-refractivity contribution in [3.63, 3.8) is 0 Å². The summed E-state index contributed by atoms with van der Waals surface area (Å²) in [6.07, 6.45) is 1.95. The number of ether oxygens (including phenoxy) is 1. The van der Waals surface area contributed by atoms with Crippen LogP contribution in [0.25, 0.3) is 0 Å². The summed E-state index contributed by atoms with van der Waals surface area (Å²) >= 11 is 1.35. The van der Waals surface area contributed by atoms with Crippen LogP contribution in [0, 0.1) is 11.8 Å². The normalized spacial score (nSPS) is 18.2. The molecule has 3 aromatic rings. The van der Waals surface area contributed by atoms with Gasteiger partial charge in [0.2, 0.25) is 22.9 Å². The Kier molecular flexibility index (Phi) is 7.45. The van der Waals surface area contributed by atoms with Gasteiger partial charge in [0.05, 0.1) is 13.0 Å².